The molecule has 4 bridgehead atoms. The first-order valence-electron chi connectivity index (χ1n) is 9.82. The van der Waals surface area contributed by atoms with Crippen LogP contribution in [0.1, 0.15) is 62.8 Å². The molecular weight excluding hydrogens is 346 g/mol. The second-order valence-corrected chi connectivity index (χ2v) is 9.83. The molecule has 4 fully saturated rings. The molecule has 1 heterocycles. The van der Waals surface area contributed by atoms with Gasteiger partial charge in [0.15, 0.2) is 0 Å². The third-order valence-electron chi connectivity index (χ3n) is 6.97. The molecule has 0 aromatic carbocycles. The molecule has 4 saturated carbocycles. The molecular formula is C20H29N3O2S. The van der Waals surface area contributed by atoms with Crippen molar-refractivity contribution in [2.24, 2.45) is 28.9 Å². The molecule has 5 rings (SSSR count). The van der Waals surface area contributed by atoms with E-state index >= 15 is 0 Å². The fraction of sp³-hybridized carbons (Fsp3) is 0.700. The third-order valence-corrected chi connectivity index (χ3v) is 7.96. The number of urea groups is 1. The zero-order valence-corrected chi connectivity index (χ0v) is 16.2. The lowest BCUT2D eigenvalue weighted by Gasteiger charge is -2.59. The molecule has 26 heavy (non-hydrogen) atoms. The van der Waals surface area contributed by atoms with Gasteiger partial charge in [-0.15, -0.1) is 11.3 Å². The summed E-state index contributed by atoms with van der Waals surface area (Å²) in [5.74, 6) is 2.61. The molecule has 1 aromatic rings. The van der Waals surface area contributed by atoms with Crippen molar-refractivity contribution in [1.29, 1.82) is 0 Å². The Morgan fingerprint density at radius 2 is 1.81 bits per heavy atom. The number of carbonyl (C=O) groups is 2. The van der Waals surface area contributed by atoms with Crippen molar-refractivity contribution in [3.63, 3.8) is 0 Å². The molecule has 4 aliphatic rings. The number of hydrogen-bond acceptors (Lipinski definition) is 3. The molecule has 1 aromatic heterocycles. The molecule has 0 radical (unpaired) electrons. The standard InChI is InChI=1S/C20H29N3O2S/c1-12(20-9-13-5-14(10-20)7-15(6-13)11-20)22-18(24)8-16(23-19(21)25)17-3-2-4-26-17/h2-4,12-16H,5-11H2,1H3,(H,22,24)(H3,21,23,25)/t12-,13?,14?,15?,16-,20?/m0/s1. The highest BCUT2D eigenvalue weighted by Gasteiger charge is 2.53. The number of hydrogen-bond donors (Lipinski definition) is 3. The molecule has 0 saturated heterocycles. The van der Waals surface area contributed by atoms with E-state index < -0.39 is 6.03 Å². The number of primary amides is 1. The van der Waals surface area contributed by atoms with Crippen LogP contribution in [-0.4, -0.2) is 18.0 Å². The van der Waals surface area contributed by atoms with Gasteiger partial charge in [0, 0.05) is 10.9 Å². The molecule has 4 N–H and O–H groups in total. The van der Waals surface area contributed by atoms with E-state index in [9.17, 15) is 9.59 Å². The van der Waals surface area contributed by atoms with Crippen LogP contribution in [0, 0.1) is 23.2 Å². The third kappa shape index (κ3) is 3.48. The van der Waals surface area contributed by atoms with Crippen molar-refractivity contribution in [2.45, 2.75) is 64.0 Å². The van der Waals surface area contributed by atoms with Gasteiger partial charge in [-0.3, -0.25) is 4.79 Å². The van der Waals surface area contributed by atoms with Crippen LogP contribution in [0.3, 0.4) is 0 Å². The lowest BCUT2D eigenvalue weighted by Crippen LogP contribution is -2.56. The van der Waals surface area contributed by atoms with Gasteiger partial charge in [0.1, 0.15) is 0 Å². The minimum absolute atomic E-state index is 0.000366. The van der Waals surface area contributed by atoms with E-state index in [2.05, 4.69) is 17.6 Å². The van der Waals surface area contributed by atoms with Crippen molar-refractivity contribution >= 4 is 23.3 Å². The minimum Gasteiger partial charge on any atom is -0.353 e. The zero-order valence-electron chi connectivity index (χ0n) is 15.4. The molecule has 3 amide bonds. The summed E-state index contributed by atoms with van der Waals surface area (Å²) in [5, 5.41) is 7.93. The Morgan fingerprint density at radius 1 is 1.19 bits per heavy atom. The molecule has 142 valence electrons. The first kappa shape index (κ1) is 17.8. The molecule has 2 atom stereocenters. The van der Waals surface area contributed by atoms with Gasteiger partial charge in [0.05, 0.1) is 12.5 Å². The van der Waals surface area contributed by atoms with E-state index in [0.717, 1.165) is 22.6 Å². The number of nitrogens with one attached hydrogen (secondary N) is 2. The summed E-state index contributed by atoms with van der Waals surface area (Å²) in [7, 11) is 0. The van der Waals surface area contributed by atoms with Gasteiger partial charge in [-0.1, -0.05) is 6.07 Å². The second-order valence-electron chi connectivity index (χ2n) is 8.85. The van der Waals surface area contributed by atoms with E-state index in [1.165, 1.54) is 49.9 Å². The predicted octanol–water partition coefficient (Wildman–Crippen LogP) is 3.57. The Bertz CT molecular complexity index is 637. The Hall–Kier alpha value is -1.56. The molecule has 0 spiro atoms. The summed E-state index contributed by atoms with van der Waals surface area (Å²) >= 11 is 1.53. The maximum absolute atomic E-state index is 12.7. The first-order valence-corrected chi connectivity index (χ1v) is 10.7. The summed E-state index contributed by atoms with van der Waals surface area (Å²) < 4.78 is 0. The number of thiophene rings is 1. The smallest absolute Gasteiger partial charge is 0.312 e. The molecule has 6 heteroatoms. The van der Waals surface area contributed by atoms with Crippen LogP contribution >= 0.6 is 11.3 Å². The van der Waals surface area contributed by atoms with Crippen LogP contribution in [0.15, 0.2) is 17.5 Å². The van der Waals surface area contributed by atoms with Gasteiger partial charge in [-0.25, -0.2) is 4.79 Å². The van der Waals surface area contributed by atoms with Crippen LogP contribution < -0.4 is 16.4 Å². The van der Waals surface area contributed by atoms with Crippen LogP contribution in [0.5, 0.6) is 0 Å². The van der Waals surface area contributed by atoms with E-state index in [-0.39, 0.29) is 24.4 Å². The van der Waals surface area contributed by atoms with Gasteiger partial charge in [-0.05, 0) is 80.1 Å². The van der Waals surface area contributed by atoms with E-state index in [4.69, 9.17) is 5.73 Å². The molecule has 0 unspecified atom stereocenters. The number of nitrogens with two attached hydrogens (primary N) is 1. The number of amides is 3. The quantitative estimate of drug-likeness (QED) is 0.710. The fourth-order valence-corrected chi connectivity index (χ4v) is 7.01. The molecule has 0 aliphatic heterocycles. The van der Waals surface area contributed by atoms with Gasteiger partial charge in [-0.2, -0.15) is 0 Å². The summed E-state index contributed by atoms with van der Waals surface area (Å²) in [6.45, 7) is 2.19. The summed E-state index contributed by atoms with van der Waals surface area (Å²) in [6.07, 6.45) is 8.27. The van der Waals surface area contributed by atoms with E-state index in [0.29, 0.717) is 5.41 Å². The SMILES string of the molecule is C[C@H](NC(=O)C[C@H](NC(N)=O)c1cccs1)C12CC3CC(CC(C3)C1)C2. The minimum atomic E-state index is -0.592. The number of rotatable bonds is 6. The largest absolute Gasteiger partial charge is 0.353 e. The highest BCUT2D eigenvalue weighted by Crippen LogP contribution is 2.61. The van der Waals surface area contributed by atoms with Gasteiger partial charge in [0.2, 0.25) is 5.91 Å². The average Bonchev–Trinajstić information content (AvgIpc) is 3.06. The average molecular weight is 376 g/mol. The molecule has 5 nitrogen and oxygen atoms in total. The highest BCUT2D eigenvalue weighted by molar-refractivity contribution is 7.10. The second kappa shape index (κ2) is 6.87. The summed E-state index contributed by atoms with van der Waals surface area (Å²) in [4.78, 5) is 25.0. The van der Waals surface area contributed by atoms with Gasteiger partial charge >= 0.3 is 6.03 Å². The van der Waals surface area contributed by atoms with Crippen molar-refractivity contribution in [1.82, 2.24) is 10.6 Å². The maximum atomic E-state index is 12.7. The summed E-state index contributed by atoms with van der Waals surface area (Å²) in [5.41, 5.74) is 5.59. The van der Waals surface area contributed by atoms with Crippen molar-refractivity contribution < 1.29 is 9.59 Å². The lowest BCUT2D eigenvalue weighted by molar-refractivity contribution is -0.126. The van der Waals surface area contributed by atoms with Gasteiger partial charge < -0.3 is 16.4 Å². The van der Waals surface area contributed by atoms with Gasteiger partial charge in [0.25, 0.3) is 0 Å². The Balaban J connectivity index is 1.40. The number of carbonyl (C=O) groups excluding carboxylic acids is 2. The van der Waals surface area contributed by atoms with E-state index in [1.54, 1.807) is 0 Å². The monoisotopic (exact) mass is 375 g/mol. The zero-order chi connectivity index (χ0) is 18.3. The lowest BCUT2D eigenvalue weighted by atomic mass is 9.48. The van der Waals surface area contributed by atoms with Crippen LogP contribution in [-0.2, 0) is 4.79 Å². The Morgan fingerprint density at radius 3 is 2.31 bits per heavy atom. The molecule has 4 aliphatic carbocycles. The normalized spacial score (nSPS) is 34.3. The van der Waals surface area contributed by atoms with E-state index in [1.807, 2.05) is 17.5 Å². The Labute approximate surface area is 159 Å². The van der Waals surface area contributed by atoms with Crippen LogP contribution in [0.2, 0.25) is 0 Å². The fourth-order valence-electron chi connectivity index (χ4n) is 6.23. The van der Waals surface area contributed by atoms with Crippen LogP contribution in [0.4, 0.5) is 4.79 Å². The predicted molar refractivity (Wildman–Crippen MR) is 103 cm³/mol. The Kier molecular flexibility index (Phi) is 4.71. The highest BCUT2D eigenvalue weighted by atomic mass is 32.1. The van der Waals surface area contributed by atoms with Crippen molar-refractivity contribution in [2.75, 3.05) is 0 Å². The maximum Gasteiger partial charge on any atom is 0.312 e. The van der Waals surface area contributed by atoms with Crippen molar-refractivity contribution in [3.05, 3.63) is 22.4 Å². The first-order chi connectivity index (χ1) is 12.4. The topological polar surface area (TPSA) is 84.2 Å². The van der Waals surface area contributed by atoms with Crippen LogP contribution in [0.25, 0.3) is 0 Å². The summed E-state index contributed by atoms with van der Waals surface area (Å²) in [6, 6.07) is 3.11. The van der Waals surface area contributed by atoms with Crippen molar-refractivity contribution in [3.8, 4) is 0 Å².